The molecule has 1 aromatic rings. The zero-order chi connectivity index (χ0) is 16.5. The monoisotopic (exact) mass is 357 g/mol. The Bertz CT molecular complexity index is 576. The molecule has 23 heavy (non-hydrogen) atoms. The van der Waals surface area contributed by atoms with Crippen LogP contribution in [0.2, 0.25) is 5.02 Å². The molecular weight excluding hydrogens is 342 g/mol. The Balaban J connectivity index is 1.58. The van der Waals surface area contributed by atoms with Crippen LogP contribution < -0.4 is 5.32 Å². The first-order valence-electron chi connectivity index (χ1n) is 6.92. The van der Waals surface area contributed by atoms with E-state index in [4.69, 9.17) is 25.8 Å². The van der Waals surface area contributed by atoms with Crippen molar-refractivity contribution in [1.82, 2.24) is 5.32 Å². The summed E-state index contributed by atoms with van der Waals surface area (Å²) in [6.45, 7) is 0.786. The summed E-state index contributed by atoms with van der Waals surface area (Å²) in [4.78, 5) is 24.2. The number of rotatable bonds is 7. The van der Waals surface area contributed by atoms with Crippen LogP contribution >= 0.6 is 23.4 Å². The van der Waals surface area contributed by atoms with E-state index in [1.165, 1.54) is 6.26 Å². The maximum absolute atomic E-state index is 11.6. The fourth-order valence-electron chi connectivity index (χ4n) is 1.62. The van der Waals surface area contributed by atoms with Crippen LogP contribution in [-0.2, 0) is 23.8 Å². The number of nitrogens with one attached hydrogen (secondary N) is 1. The molecule has 0 aliphatic carbocycles. The van der Waals surface area contributed by atoms with Crippen molar-refractivity contribution in [1.29, 1.82) is 0 Å². The van der Waals surface area contributed by atoms with Gasteiger partial charge in [-0.2, -0.15) is 0 Å². The number of amides is 1. The first-order chi connectivity index (χ1) is 11.1. The van der Waals surface area contributed by atoms with E-state index in [9.17, 15) is 9.59 Å². The van der Waals surface area contributed by atoms with E-state index in [0.29, 0.717) is 23.9 Å². The molecule has 6 nitrogen and oxygen atoms in total. The van der Waals surface area contributed by atoms with E-state index in [0.717, 1.165) is 4.90 Å². The Morgan fingerprint density at radius 3 is 2.74 bits per heavy atom. The Hall–Kier alpha value is -1.86. The molecule has 1 N–H and O–H groups in total. The Morgan fingerprint density at radius 2 is 2.04 bits per heavy atom. The standard InChI is InChI=1S/C15H16ClNO5S/c16-11-1-3-12(4-2-11)23-8-5-17-14(18)10-22-15(19)13-9-20-6-7-21-13/h1-4,9H,5-8,10H2,(H,17,18). The third-order valence-corrected chi connectivity index (χ3v) is 3.96. The van der Waals surface area contributed by atoms with Crippen molar-refractivity contribution < 1.29 is 23.8 Å². The maximum Gasteiger partial charge on any atom is 0.377 e. The van der Waals surface area contributed by atoms with E-state index in [-0.39, 0.29) is 24.9 Å². The number of carbonyl (C=O) groups is 2. The average Bonchev–Trinajstić information content (AvgIpc) is 2.59. The molecule has 8 heteroatoms. The van der Waals surface area contributed by atoms with Crippen molar-refractivity contribution >= 4 is 35.2 Å². The van der Waals surface area contributed by atoms with Crippen LogP contribution in [0.1, 0.15) is 0 Å². The van der Waals surface area contributed by atoms with Crippen molar-refractivity contribution in [2.45, 2.75) is 4.90 Å². The van der Waals surface area contributed by atoms with Gasteiger partial charge < -0.3 is 19.5 Å². The quantitative estimate of drug-likeness (QED) is 0.457. The third kappa shape index (κ3) is 6.42. The lowest BCUT2D eigenvalue weighted by Crippen LogP contribution is -2.31. The van der Waals surface area contributed by atoms with Gasteiger partial charge in [0.25, 0.3) is 5.91 Å². The minimum atomic E-state index is -0.713. The van der Waals surface area contributed by atoms with Crippen LogP contribution in [0.25, 0.3) is 0 Å². The van der Waals surface area contributed by atoms with Gasteiger partial charge in [-0.1, -0.05) is 11.6 Å². The highest BCUT2D eigenvalue weighted by Crippen LogP contribution is 2.19. The van der Waals surface area contributed by atoms with E-state index >= 15 is 0 Å². The van der Waals surface area contributed by atoms with Crippen LogP contribution in [0.15, 0.2) is 41.2 Å². The molecule has 0 unspecified atom stereocenters. The smallest absolute Gasteiger partial charge is 0.377 e. The van der Waals surface area contributed by atoms with Crippen LogP contribution in [0.5, 0.6) is 0 Å². The second-order valence-electron chi connectivity index (χ2n) is 4.43. The summed E-state index contributed by atoms with van der Waals surface area (Å²) < 4.78 is 14.8. The van der Waals surface area contributed by atoms with Gasteiger partial charge in [0.15, 0.2) is 6.61 Å². The first kappa shape index (κ1) is 17.5. The highest BCUT2D eigenvalue weighted by Gasteiger charge is 2.17. The van der Waals surface area contributed by atoms with Gasteiger partial charge in [-0.05, 0) is 24.3 Å². The number of ether oxygens (including phenoxy) is 3. The van der Waals surface area contributed by atoms with Gasteiger partial charge in [-0.25, -0.2) is 4.79 Å². The van der Waals surface area contributed by atoms with Crippen molar-refractivity contribution in [3.05, 3.63) is 41.3 Å². The van der Waals surface area contributed by atoms with Crippen molar-refractivity contribution in [3.63, 3.8) is 0 Å². The molecule has 0 atom stereocenters. The number of halogens is 1. The Labute approximate surface area is 143 Å². The summed E-state index contributed by atoms with van der Waals surface area (Å²) in [5, 5.41) is 3.35. The Kier molecular flexibility index (Phi) is 7.09. The van der Waals surface area contributed by atoms with Gasteiger partial charge >= 0.3 is 5.97 Å². The molecule has 1 amide bonds. The first-order valence-corrected chi connectivity index (χ1v) is 8.28. The zero-order valence-corrected chi connectivity index (χ0v) is 13.8. The molecule has 1 heterocycles. The SMILES string of the molecule is O=C(COC(=O)C1=COCCO1)NCCSc1ccc(Cl)cc1. The predicted octanol–water partition coefficient (Wildman–Crippen LogP) is 1.98. The molecule has 0 saturated carbocycles. The van der Waals surface area contributed by atoms with E-state index in [2.05, 4.69) is 5.32 Å². The number of hydrogen-bond acceptors (Lipinski definition) is 6. The second-order valence-corrected chi connectivity index (χ2v) is 6.03. The highest BCUT2D eigenvalue weighted by molar-refractivity contribution is 7.99. The normalized spacial score (nSPS) is 13.3. The molecular formula is C15H16ClNO5S. The minimum Gasteiger partial charge on any atom is -0.493 e. The zero-order valence-electron chi connectivity index (χ0n) is 12.2. The van der Waals surface area contributed by atoms with Crippen molar-refractivity contribution in [3.8, 4) is 0 Å². The van der Waals surface area contributed by atoms with Gasteiger partial charge in [0.1, 0.15) is 19.5 Å². The molecule has 2 rings (SSSR count). The van der Waals surface area contributed by atoms with Gasteiger partial charge in [-0.15, -0.1) is 11.8 Å². The summed E-state index contributed by atoms with van der Waals surface area (Å²) in [7, 11) is 0. The molecule has 0 aromatic heterocycles. The van der Waals surface area contributed by atoms with E-state index in [1.807, 2.05) is 24.3 Å². The lowest BCUT2D eigenvalue weighted by atomic mass is 10.4. The lowest BCUT2D eigenvalue weighted by molar-refractivity contribution is -0.149. The van der Waals surface area contributed by atoms with E-state index in [1.54, 1.807) is 11.8 Å². The second kappa shape index (κ2) is 9.32. The fourth-order valence-corrected chi connectivity index (χ4v) is 2.51. The summed E-state index contributed by atoms with van der Waals surface area (Å²) in [6, 6.07) is 7.45. The van der Waals surface area contributed by atoms with Gasteiger partial charge in [0.2, 0.25) is 5.76 Å². The molecule has 0 bridgehead atoms. The molecule has 0 spiro atoms. The predicted molar refractivity (Wildman–Crippen MR) is 86.1 cm³/mol. The van der Waals surface area contributed by atoms with Crippen LogP contribution in [0.3, 0.4) is 0 Å². The lowest BCUT2D eigenvalue weighted by Gasteiger charge is -2.14. The molecule has 0 saturated heterocycles. The van der Waals surface area contributed by atoms with Crippen molar-refractivity contribution in [2.75, 3.05) is 32.1 Å². The average molecular weight is 358 g/mol. The maximum atomic E-state index is 11.6. The number of benzene rings is 1. The summed E-state index contributed by atoms with van der Waals surface area (Å²) in [6.07, 6.45) is 1.19. The van der Waals surface area contributed by atoms with E-state index < -0.39 is 5.97 Å². The van der Waals surface area contributed by atoms with Gasteiger partial charge in [-0.3, -0.25) is 4.79 Å². The van der Waals surface area contributed by atoms with Crippen LogP contribution in [0, 0.1) is 0 Å². The number of thioether (sulfide) groups is 1. The number of esters is 1. The van der Waals surface area contributed by atoms with Gasteiger partial charge in [0, 0.05) is 22.2 Å². The van der Waals surface area contributed by atoms with Crippen LogP contribution in [0.4, 0.5) is 0 Å². The molecule has 124 valence electrons. The van der Waals surface area contributed by atoms with Gasteiger partial charge in [0.05, 0.1) is 0 Å². The third-order valence-electron chi connectivity index (χ3n) is 2.69. The Morgan fingerprint density at radius 1 is 1.26 bits per heavy atom. The van der Waals surface area contributed by atoms with Crippen LogP contribution in [-0.4, -0.2) is 44.0 Å². The summed E-state index contributed by atoms with van der Waals surface area (Å²) in [5.41, 5.74) is 0. The van der Waals surface area contributed by atoms with Crippen molar-refractivity contribution in [2.24, 2.45) is 0 Å². The molecule has 1 aliphatic heterocycles. The summed E-state index contributed by atoms with van der Waals surface area (Å²) in [5.74, 6) is -0.409. The molecule has 0 fully saturated rings. The fraction of sp³-hybridized carbons (Fsp3) is 0.333. The highest BCUT2D eigenvalue weighted by atomic mass is 35.5. The number of hydrogen-bond donors (Lipinski definition) is 1. The summed E-state index contributed by atoms with van der Waals surface area (Å²) >= 11 is 7.39. The number of carbonyl (C=O) groups excluding carboxylic acids is 2. The topological polar surface area (TPSA) is 73.9 Å². The molecule has 1 aliphatic rings. The molecule has 0 radical (unpaired) electrons. The largest absolute Gasteiger partial charge is 0.493 e. The molecule has 1 aromatic carbocycles. The minimum absolute atomic E-state index is 0.0256.